The highest BCUT2D eigenvalue weighted by Crippen LogP contribution is 2.25. The summed E-state index contributed by atoms with van der Waals surface area (Å²) in [5, 5.41) is 1.07. The highest BCUT2D eigenvalue weighted by Gasteiger charge is 2.09. The molecule has 0 aliphatic carbocycles. The van der Waals surface area contributed by atoms with Gasteiger partial charge < -0.3 is 4.74 Å². The van der Waals surface area contributed by atoms with Gasteiger partial charge >= 0.3 is 0 Å². The second-order valence-corrected chi connectivity index (χ2v) is 5.20. The second-order valence-electron chi connectivity index (χ2n) is 4.23. The normalized spacial score (nSPS) is 10.5. The van der Waals surface area contributed by atoms with Crippen LogP contribution in [0.25, 0.3) is 0 Å². The van der Waals surface area contributed by atoms with Crippen LogP contribution < -0.4 is 4.74 Å². The first-order chi connectivity index (χ1) is 9.11. The lowest BCUT2D eigenvalue weighted by molar-refractivity contribution is 0.297. The summed E-state index contributed by atoms with van der Waals surface area (Å²) in [7, 11) is 0. The smallest absolute Gasteiger partial charge is 0.131 e. The Morgan fingerprint density at radius 1 is 1.26 bits per heavy atom. The summed E-state index contributed by atoms with van der Waals surface area (Å²) in [6.07, 6.45) is 0. The molecule has 100 valence electrons. The first-order valence-corrected chi connectivity index (χ1v) is 7.33. The molecule has 2 aromatic rings. The molecular weight excluding hydrogens is 331 g/mol. The van der Waals surface area contributed by atoms with Gasteiger partial charge in [0.2, 0.25) is 0 Å². The highest BCUT2D eigenvalue weighted by atomic mass is 79.9. The SMILES string of the molecule is Cc1ccc(OCc2c(F)cccc2Cl)c(CBr)c1. The van der Waals surface area contributed by atoms with E-state index in [9.17, 15) is 4.39 Å². The van der Waals surface area contributed by atoms with Crippen LogP contribution in [-0.2, 0) is 11.9 Å². The summed E-state index contributed by atoms with van der Waals surface area (Å²) in [6.45, 7) is 2.14. The largest absolute Gasteiger partial charge is 0.488 e. The third kappa shape index (κ3) is 3.48. The minimum absolute atomic E-state index is 0.120. The summed E-state index contributed by atoms with van der Waals surface area (Å²) in [6, 6.07) is 10.5. The van der Waals surface area contributed by atoms with E-state index >= 15 is 0 Å². The van der Waals surface area contributed by atoms with Crippen LogP contribution in [0, 0.1) is 12.7 Å². The predicted molar refractivity (Wildman–Crippen MR) is 79.6 cm³/mol. The quantitative estimate of drug-likeness (QED) is 0.688. The van der Waals surface area contributed by atoms with Crippen LogP contribution in [0.1, 0.15) is 16.7 Å². The molecule has 0 saturated carbocycles. The fraction of sp³-hybridized carbons (Fsp3) is 0.200. The lowest BCUT2D eigenvalue weighted by Gasteiger charge is -2.12. The molecule has 4 heteroatoms. The minimum atomic E-state index is -0.347. The van der Waals surface area contributed by atoms with Crippen LogP contribution in [-0.4, -0.2) is 0 Å². The summed E-state index contributed by atoms with van der Waals surface area (Å²) in [5.41, 5.74) is 2.57. The Kier molecular flexibility index (Phi) is 4.83. The maximum atomic E-state index is 13.6. The number of rotatable bonds is 4. The van der Waals surface area contributed by atoms with E-state index in [1.54, 1.807) is 12.1 Å². The molecule has 0 amide bonds. The number of alkyl halides is 1. The topological polar surface area (TPSA) is 9.23 Å². The Morgan fingerprint density at radius 2 is 2.05 bits per heavy atom. The molecule has 0 radical (unpaired) electrons. The molecule has 0 saturated heterocycles. The van der Waals surface area contributed by atoms with E-state index in [-0.39, 0.29) is 12.4 Å². The number of hydrogen-bond donors (Lipinski definition) is 0. The first-order valence-electron chi connectivity index (χ1n) is 5.83. The molecule has 0 heterocycles. The van der Waals surface area contributed by atoms with Crippen LogP contribution >= 0.6 is 27.5 Å². The molecule has 0 bridgehead atoms. The van der Waals surface area contributed by atoms with Crippen LogP contribution in [0.15, 0.2) is 36.4 Å². The van der Waals surface area contributed by atoms with Crippen LogP contribution in [0.4, 0.5) is 4.39 Å². The summed E-state index contributed by atoms with van der Waals surface area (Å²) in [5.74, 6) is 0.391. The van der Waals surface area contributed by atoms with Gasteiger partial charge in [0.25, 0.3) is 0 Å². The average Bonchev–Trinajstić information content (AvgIpc) is 2.39. The monoisotopic (exact) mass is 342 g/mol. The summed E-state index contributed by atoms with van der Waals surface area (Å²) >= 11 is 9.38. The van der Waals surface area contributed by atoms with Crippen molar-refractivity contribution in [2.45, 2.75) is 18.9 Å². The van der Waals surface area contributed by atoms with Crippen molar-refractivity contribution in [3.63, 3.8) is 0 Å². The van der Waals surface area contributed by atoms with Crippen LogP contribution in [0.3, 0.4) is 0 Å². The molecule has 0 fully saturated rings. The van der Waals surface area contributed by atoms with Gasteiger partial charge in [-0.1, -0.05) is 51.3 Å². The third-order valence-corrected chi connectivity index (χ3v) is 3.75. The zero-order valence-electron chi connectivity index (χ0n) is 10.4. The Morgan fingerprint density at radius 3 is 2.74 bits per heavy atom. The highest BCUT2D eigenvalue weighted by molar-refractivity contribution is 9.08. The van der Waals surface area contributed by atoms with Crippen molar-refractivity contribution >= 4 is 27.5 Å². The van der Waals surface area contributed by atoms with Crippen molar-refractivity contribution in [3.05, 3.63) is 63.9 Å². The van der Waals surface area contributed by atoms with Gasteiger partial charge in [0.1, 0.15) is 18.2 Å². The van der Waals surface area contributed by atoms with Crippen molar-refractivity contribution in [1.29, 1.82) is 0 Å². The molecule has 2 aromatic carbocycles. The molecule has 0 aliphatic rings. The molecule has 2 rings (SSSR count). The minimum Gasteiger partial charge on any atom is -0.488 e. The number of aryl methyl sites for hydroxylation is 1. The van der Waals surface area contributed by atoms with Gasteiger partial charge in [-0.2, -0.15) is 0 Å². The van der Waals surface area contributed by atoms with Crippen molar-refractivity contribution < 1.29 is 9.13 Å². The Balaban J connectivity index is 2.19. The zero-order chi connectivity index (χ0) is 13.8. The molecule has 0 aliphatic heterocycles. The maximum Gasteiger partial charge on any atom is 0.131 e. The lowest BCUT2D eigenvalue weighted by Crippen LogP contribution is -2.01. The standard InChI is InChI=1S/C15H13BrClFO/c1-10-5-6-15(11(7-10)8-16)19-9-12-13(17)3-2-4-14(12)18/h2-7H,8-9H2,1H3. The Labute approximate surface area is 125 Å². The molecular formula is C15H13BrClFO. The van der Waals surface area contributed by atoms with E-state index in [0.717, 1.165) is 16.9 Å². The summed E-state index contributed by atoms with van der Waals surface area (Å²) in [4.78, 5) is 0. The van der Waals surface area contributed by atoms with Crippen LogP contribution in [0.2, 0.25) is 5.02 Å². The molecule has 0 atom stereocenters. The summed E-state index contributed by atoms with van der Waals surface area (Å²) < 4.78 is 19.3. The predicted octanol–water partition coefficient (Wildman–Crippen LogP) is 5.26. The van der Waals surface area contributed by atoms with Gasteiger partial charge in [-0.15, -0.1) is 0 Å². The van der Waals surface area contributed by atoms with Crippen molar-refractivity contribution in [2.75, 3.05) is 0 Å². The van der Waals surface area contributed by atoms with E-state index in [1.165, 1.54) is 6.07 Å². The Hall–Kier alpha value is -1.06. The van der Waals surface area contributed by atoms with E-state index < -0.39 is 0 Å². The molecule has 0 spiro atoms. The number of halogens is 3. The number of ether oxygens (including phenoxy) is 1. The molecule has 19 heavy (non-hydrogen) atoms. The average molecular weight is 344 g/mol. The maximum absolute atomic E-state index is 13.6. The zero-order valence-corrected chi connectivity index (χ0v) is 12.8. The van der Waals surface area contributed by atoms with Crippen molar-refractivity contribution in [3.8, 4) is 5.75 Å². The van der Waals surface area contributed by atoms with Crippen molar-refractivity contribution in [1.82, 2.24) is 0 Å². The van der Waals surface area contributed by atoms with Gasteiger partial charge in [-0.25, -0.2) is 4.39 Å². The van der Waals surface area contributed by atoms with Gasteiger partial charge in [0.15, 0.2) is 0 Å². The van der Waals surface area contributed by atoms with E-state index in [2.05, 4.69) is 15.9 Å². The van der Waals surface area contributed by atoms with Crippen LogP contribution in [0.5, 0.6) is 5.75 Å². The fourth-order valence-corrected chi connectivity index (χ4v) is 2.43. The second kappa shape index (κ2) is 6.40. The fourth-order valence-electron chi connectivity index (χ4n) is 1.77. The molecule has 0 N–H and O–H groups in total. The molecule has 1 nitrogen and oxygen atoms in total. The Bertz CT molecular complexity index is 566. The van der Waals surface area contributed by atoms with Crippen molar-refractivity contribution in [2.24, 2.45) is 0 Å². The van der Waals surface area contributed by atoms with Gasteiger partial charge in [-0.05, 0) is 25.1 Å². The van der Waals surface area contributed by atoms with E-state index in [0.29, 0.717) is 15.9 Å². The number of hydrogen-bond acceptors (Lipinski definition) is 1. The van der Waals surface area contributed by atoms with E-state index in [1.807, 2.05) is 25.1 Å². The first kappa shape index (κ1) is 14.4. The lowest BCUT2D eigenvalue weighted by atomic mass is 10.1. The number of benzene rings is 2. The van der Waals surface area contributed by atoms with Gasteiger partial charge in [0, 0.05) is 16.5 Å². The van der Waals surface area contributed by atoms with E-state index in [4.69, 9.17) is 16.3 Å². The van der Waals surface area contributed by atoms with Gasteiger partial charge in [-0.3, -0.25) is 0 Å². The molecule has 0 unspecified atom stereocenters. The third-order valence-electron chi connectivity index (χ3n) is 2.79. The molecule has 0 aromatic heterocycles. The van der Waals surface area contributed by atoms with Gasteiger partial charge in [0.05, 0.1) is 5.02 Å².